The van der Waals surface area contributed by atoms with Crippen molar-refractivity contribution in [3.8, 4) is 0 Å². The van der Waals surface area contributed by atoms with Gasteiger partial charge in [0.2, 0.25) is 0 Å². The number of hydrogen-bond acceptors (Lipinski definition) is 3. The van der Waals surface area contributed by atoms with Gasteiger partial charge in [-0.15, -0.1) is 0 Å². The first-order valence-electron chi connectivity index (χ1n) is 7.22. The van der Waals surface area contributed by atoms with E-state index in [2.05, 4.69) is 5.32 Å². The second kappa shape index (κ2) is 7.09. The van der Waals surface area contributed by atoms with Crippen LogP contribution in [0, 0.1) is 0 Å². The molecule has 2 atom stereocenters. The summed E-state index contributed by atoms with van der Waals surface area (Å²) in [5, 5.41) is 13.0. The fourth-order valence-electron chi connectivity index (χ4n) is 2.19. The van der Waals surface area contributed by atoms with Crippen molar-refractivity contribution < 1.29 is 14.3 Å². The quantitative estimate of drug-likeness (QED) is 0.858. The molecule has 1 heterocycles. The van der Waals surface area contributed by atoms with Crippen LogP contribution in [0.25, 0.3) is 0 Å². The lowest BCUT2D eigenvalue weighted by atomic mass is 10.0. The van der Waals surface area contributed by atoms with Crippen LogP contribution in [-0.2, 0) is 6.42 Å². The number of carbonyl (C=O) groups is 1. The van der Waals surface area contributed by atoms with E-state index in [0.717, 1.165) is 17.7 Å². The molecule has 1 aromatic heterocycles. The highest BCUT2D eigenvalue weighted by atomic mass is 16.3. The highest BCUT2D eigenvalue weighted by molar-refractivity contribution is 5.91. The number of aryl methyl sites for hydroxylation is 1. The predicted octanol–water partition coefficient (Wildman–Crippen LogP) is 3.08. The normalized spacial score (nSPS) is 13.7. The zero-order chi connectivity index (χ0) is 15.2. The van der Waals surface area contributed by atoms with Gasteiger partial charge in [-0.3, -0.25) is 4.79 Å². The Bertz CT molecular complexity index is 577. The van der Waals surface area contributed by atoms with Crippen LogP contribution in [0.15, 0.2) is 46.9 Å². The van der Waals surface area contributed by atoms with E-state index in [-0.39, 0.29) is 11.9 Å². The smallest absolute Gasteiger partial charge is 0.287 e. The van der Waals surface area contributed by atoms with Crippen LogP contribution >= 0.6 is 0 Å². The molecular formula is C17H21NO3. The van der Waals surface area contributed by atoms with Gasteiger partial charge in [0, 0.05) is 12.5 Å². The molecule has 1 aromatic carbocycles. The fraction of sp³-hybridized carbons (Fsp3) is 0.353. The van der Waals surface area contributed by atoms with Crippen molar-refractivity contribution in [3.63, 3.8) is 0 Å². The van der Waals surface area contributed by atoms with Crippen molar-refractivity contribution in [2.45, 2.75) is 38.8 Å². The number of benzene rings is 1. The number of carbonyl (C=O) groups excluding carboxylic acids is 1. The number of nitrogens with one attached hydrogen (secondary N) is 1. The Balaban J connectivity index is 1.89. The topological polar surface area (TPSA) is 62.5 Å². The molecule has 2 N–H and O–H groups in total. The molecule has 0 spiro atoms. The van der Waals surface area contributed by atoms with Crippen molar-refractivity contribution >= 4 is 5.91 Å². The van der Waals surface area contributed by atoms with E-state index >= 15 is 0 Å². The van der Waals surface area contributed by atoms with E-state index in [1.54, 1.807) is 12.1 Å². The first-order chi connectivity index (χ1) is 10.1. The van der Waals surface area contributed by atoms with Crippen molar-refractivity contribution in [2.75, 3.05) is 0 Å². The van der Waals surface area contributed by atoms with E-state index < -0.39 is 6.10 Å². The summed E-state index contributed by atoms with van der Waals surface area (Å²) in [7, 11) is 0. The summed E-state index contributed by atoms with van der Waals surface area (Å²) in [4.78, 5) is 12.0. The number of rotatable bonds is 6. The minimum Gasteiger partial charge on any atom is -0.456 e. The first-order valence-corrected chi connectivity index (χ1v) is 7.22. The third-order valence-electron chi connectivity index (χ3n) is 3.37. The zero-order valence-electron chi connectivity index (χ0n) is 12.4. The zero-order valence-corrected chi connectivity index (χ0v) is 12.4. The summed E-state index contributed by atoms with van der Waals surface area (Å²) >= 11 is 0. The van der Waals surface area contributed by atoms with Gasteiger partial charge in [-0.25, -0.2) is 0 Å². The van der Waals surface area contributed by atoms with Gasteiger partial charge in [0.05, 0.1) is 6.10 Å². The summed E-state index contributed by atoms with van der Waals surface area (Å²) in [5.74, 6) is 0.854. The van der Waals surface area contributed by atoms with Crippen molar-refractivity contribution in [2.24, 2.45) is 0 Å². The van der Waals surface area contributed by atoms with Crippen LogP contribution in [-0.4, -0.2) is 17.1 Å². The van der Waals surface area contributed by atoms with Crippen molar-refractivity contribution in [1.82, 2.24) is 5.32 Å². The highest BCUT2D eigenvalue weighted by Gasteiger charge is 2.17. The van der Waals surface area contributed by atoms with Gasteiger partial charge >= 0.3 is 0 Å². The van der Waals surface area contributed by atoms with Crippen LogP contribution in [0.4, 0.5) is 0 Å². The van der Waals surface area contributed by atoms with E-state index in [1.165, 1.54) is 0 Å². The average molecular weight is 287 g/mol. The molecule has 0 radical (unpaired) electrons. The molecular weight excluding hydrogens is 266 g/mol. The Morgan fingerprint density at radius 2 is 1.95 bits per heavy atom. The third kappa shape index (κ3) is 4.20. The molecule has 4 heteroatoms. The Morgan fingerprint density at radius 3 is 2.57 bits per heavy atom. The number of hydrogen-bond donors (Lipinski definition) is 2. The standard InChI is InChI=1S/C17H21NO3/c1-3-14-9-10-16(21-14)17(20)18-12(2)11-15(19)13-7-5-4-6-8-13/h4-10,12,15,19H,3,11H2,1-2H3,(H,18,20). The Labute approximate surface area is 124 Å². The molecule has 2 rings (SSSR count). The van der Waals surface area contributed by atoms with E-state index in [9.17, 15) is 9.90 Å². The summed E-state index contributed by atoms with van der Waals surface area (Å²) in [6, 6.07) is 12.8. The highest BCUT2D eigenvalue weighted by Crippen LogP contribution is 2.18. The fourth-order valence-corrected chi connectivity index (χ4v) is 2.19. The van der Waals surface area contributed by atoms with Crippen LogP contribution < -0.4 is 5.32 Å². The minimum absolute atomic E-state index is 0.150. The molecule has 2 aromatic rings. The minimum atomic E-state index is -0.593. The molecule has 4 nitrogen and oxygen atoms in total. The SMILES string of the molecule is CCc1ccc(C(=O)NC(C)CC(O)c2ccccc2)o1. The van der Waals surface area contributed by atoms with Crippen molar-refractivity contribution in [3.05, 3.63) is 59.5 Å². The maximum Gasteiger partial charge on any atom is 0.287 e. The van der Waals surface area contributed by atoms with Gasteiger partial charge in [0.15, 0.2) is 5.76 Å². The molecule has 0 saturated carbocycles. The maximum atomic E-state index is 12.0. The number of aliphatic hydroxyl groups is 1. The summed E-state index contributed by atoms with van der Waals surface area (Å²) < 4.78 is 5.41. The van der Waals surface area contributed by atoms with E-state index in [4.69, 9.17) is 4.42 Å². The van der Waals surface area contributed by atoms with Crippen LogP contribution in [0.2, 0.25) is 0 Å². The second-order valence-electron chi connectivity index (χ2n) is 5.16. The Hall–Kier alpha value is -2.07. The van der Waals surface area contributed by atoms with E-state index in [0.29, 0.717) is 12.2 Å². The summed E-state index contributed by atoms with van der Waals surface area (Å²) in [5.41, 5.74) is 0.852. The van der Waals surface area contributed by atoms with Gasteiger partial charge in [-0.1, -0.05) is 37.3 Å². The molecule has 112 valence electrons. The monoisotopic (exact) mass is 287 g/mol. The van der Waals surface area contributed by atoms with Crippen LogP contribution in [0.1, 0.15) is 48.3 Å². The lowest BCUT2D eigenvalue weighted by Gasteiger charge is -2.17. The maximum absolute atomic E-state index is 12.0. The van der Waals surface area contributed by atoms with Gasteiger partial charge < -0.3 is 14.8 Å². The lowest BCUT2D eigenvalue weighted by molar-refractivity contribution is 0.0887. The predicted molar refractivity (Wildman–Crippen MR) is 81.0 cm³/mol. The van der Waals surface area contributed by atoms with Crippen LogP contribution in [0.3, 0.4) is 0 Å². The summed E-state index contributed by atoms with van der Waals surface area (Å²) in [6.07, 6.45) is 0.622. The molecule has 2 unspecified atom stereocenters. The van der Waals surface area contributed by atoms with Gasteiger partial charge in [-0.2, -0.15) is 0 Å². The Kier molecular flexibility index (Phi) is 5.17. The van der Waals surface area contributed by atoms with Gasteiger partial charge in [-0.05, 0) is 31.0 Å². The van der Waals surface area contributed by atoms with E-state index in [1.807, 2.05) is 44.2 Å². The number of aliphatic hydroxyl groups excluding tert-OH is 1. The molecule has 1 amide bonds. The molecule has 0 saturated heterocycles. The molecule has 0 aliphatic rings. The molecule has 0 bridgehead atoms. The number of amides is 1. The third-order valence-corrected chi connectivity index (χ3v) is 3.37. The summed E-state index contributed by atoms with van der Waals surface area (Å²) in [6.45, 7) is 3.84. The largest absolute Gasteiger partial charge is 0.456 e. The lowest BCUT2D eigenvalue weighted by Crippen LogP contribution is -2.33. The molecule has 21 heavy (non-hydrogen) atoms. The average Bonchev–Trinajstić information content (AvgIpc) is 2.97. The second-order valence-corrected chi connectivity index (χ2v) is 5.16. The van der Waals surface area contributed by atoms with Crippen molar-refractivity contribution in [1.29, 1.82) is 0 Å². The molecule has 0 aliphatic heterocycles. The molecule has 0 aliphatic carbocycles. The van der Waals surface area contributed by atoms with Gasteiger partial charge in [0.1, 0.15) is 5.76 Å². The Morgan fingerprint density at radius 1 is 1.24 bits per heavy atom. The molecule has 0 fully saturated rings. The first kappa shape index (κ1) is 15.3. The van der Waals surface area contributed by atoms with Gasteiger partial charge in [0.25, 0.3) is 5.91 Å². The number of furan rings is 1. The van der Waals surface area contributed by atoms with Crippen LogP contribution in [0.5, 0.6) is 0 Å².